The molecule has 0 radical (unpaired) electrons. The van der Waals surface area contributed by atoms with Crippen LogP contribution in [-0.4, -0.2) is 43.3 Å². The van der Waals surface area contributed by atoms with Gasteiger partial charge in [0.1, 0.15) is 0 Å². The number of ether oxygens (including phenoxy) is 1. The van der Waals surface area contributed by atoms with Gasteiger partial charge in [-0.05, 0) is 18.8 Å². The lowest BCUT2D eigenvalue weighted by Crippen LogP contribution is -2.43. The summed E-state index contributed by atoms with van der Waals surface area (Å²) >= 11 is 1.76. The minimum atomic E-state index is -0.00145. The Hall–Kier alpha value is 0.0300. The average Bonchev–Trinajstić information content (AvgIpc) is 2.90. The third-order valence-corrected chi connectivity index (χ3v) is 3.57. The second-order valence-electron chi connectivity index (χ2n) is 4.08. The summed E-state index contributed by atoms with van der Waals surface area (Å²) in [7, 11) is 0. The van der Waals surface area contributed by atoms with E-state index in [9.17, 15) is 4.79 Å². The maximum Gasteiger partial charge on any atom is 0.238 e. The van der Waals surface area contributed by atoms with Gasteiger partial charge in [-0.15, -0.1) is 24.2 Å². The quantitative estimate of drug-likeness (QED) is 0.692. The van der Waals surface area contributed by atoms with E-state index in [1.807, 2.05) is 0 Å². The first-order valence-corrected chi connectivity index (χ1v) is 6.68. The molecule has 16 heavy (non-hydrogen) atoms. The normalized spacial score (nSPS) is 23.9. The summed E-state index contributed by atoms with van der Waals surface area (Å²) in [6.45, 7) is 2.14. The van der Waals surface area contributed by atoms with Crippen molar-refractivity contribution >= 4 is 30.1 Å². The van der Waals surface area contributed by atoms with Crippen LogP contribution in [0.4, 0.5) is 0 Å². The van der Waals surface area contributed by atoms with Crippen LogP contribution in [0.15, 0.2) is 0 Å². The van der Waals surface area contributed by atoms with E-state index >= 15 is 0 Å². The van der Waals surface area contributed by atoms with Gasteiger partial charge < -0.3 is 10.1 Å². The smallest absolute Gasteiger partial charge is 0.238 e. The van der Waals surface area contributed by atoms with Crippen molar-refractivity contribution in [3.05, 3.63) is 0 Å². The maximum atomic E-state index is 11.5. The molecule has 0 spiro atoms. The molecule has 0 aromatic carbocycles. The van der Waals surface area contributed by atoms with E-state index < -0.39 is 0 Å². The number of nitrogens with one attached hydrogen (secondary N) is 2. The van der Waals surface area contributed by atoms with Crippen LogP contribution in [0.3, 0.4) is 0 Å². The molecule has 1 saturated carbocycles. The van der Waals surface area contributed by atoms with Crippen molar-refractivity contribution < 1.29 is 9.53 Å². The number of carbonyl (C=O) groups is 1. The van der Waals surface area contributed by atoms with E-state index in [2.05, 4.69) is 10.6 Å². The Labute approximate surface area is 107 Å². The molecule has 4 nitrogen and oxygen atoms in total. The molecular formula is C10H19ClN2O2S. The van der Waals surface area contributed by atoms with Gasteiger partial charge in [-0.25, -0.2) is 0 Å². The number of carbonyl (C=O) groups excluding carboxylic acids is 1. The van der Waals surface area contributed by atoms with E-state index in [1.54, 1.807) is 11.8 Å². The number of thioether (sulfide) groups is 1. The van der Waals surface area contributed by atoms with Gasteiger partial charge in [-0.3, -0.25) is 10.1 Å². The van der Waals surface area contributed by atoms with Crippen LogP contribution < -0.4 is 10.6 Å². The van der Waals surface area contributed by atoms with Crippen LogP contribution in [0.1, 0.15) is 12.8 Å². The van der Waals surface area contributed by atoms with Crippen molar-refractivity contribution in [3.8, 4) is 0 Å². The molecule has 0 aromatic rings. The second-order valence-corrected chi connectivity index (χ2v) is 5.11. The zero-order chi connectivity index (χ0) is 10.5. The van der Waals surface area contributed by atoms with Crippen LogP contribution in [-0.2, 0) is 9.53 Å². The standard InChI is InChI=1S/C10H18N2O2S.ClH/c13-10(9-6-15-7-12-9)11-3-4-14-5-8-1-2-8;/h8-9,12H,1-7H2,(H,11,13);1H/t9-;/m1./s1. The topological polar surface area (TPSA) is 50.4 Å². The highest BCUT2D eigenvalue weighted by Crippen LogP contribution is 2.28. The summed E-state index contributed by atoms with van der Waals surface area (Å²) < 4.78 is 5.43. The molecule has 1 aliphatic heterocycles. The lowest BCUT2D eigenvalue weighted by Gasteiger charge is -2.10. The number of hydrogen-bond acceptors (Lipinski definition) is 4. The molecule has 1 saturated heterocycles. The monoisotopic (exact) mass is 266 g/mol. The van der Waals surface area contributed by atoms with Gasteiger partial charge in [0.2, 0.25) is 5.91 Å². The lowest BCUT2D eigenvalue weighted by atomic mass is 10.3. The molecule has 1 amide bonds. The van der Waals surface area contributed by atoms with Crippen molar-refractivity contribution in [2.75, 3.05) is 31.4 Å². The Morgan fingerprint density at radius 2 is 2.31 bits per heavy atom. The number of amides is 1. The summed E-state index contributed by atoms with van der Waals surface area (Å²) in [5.74, 6) is 2.68. The predicted molar refractivity (Wildman–Crippen MR) is 68.0 cm³/mol. The molecule has 1 atom stereocenters. The van der Waals surface area contributed by atoms with E-state index in [0.29, 0.717) is 13.2 Å². The first kappa shape index (κ1) is 14.1. The highest BCUT2D eigenvalue weighted by molar-refractivity contribution is 7.99. The third-order valence-electron chi connectivity index (χ3n) is 2.63. The fourth-order valence-electron chi connectivity index (χ4n) is 1.47. The summed E-state index contributed by atoms with van der Waals surface area (Å²) in [6, 6.07) is -0.00145. The minimum absolute atomic E-state index is 0. The molecule has 1 aliphatic carbocycles. The summed E-state index contributed by atoms with van der Waals surface area (Å²) in [4.78, 5) is 11.5. The largest absolute Gasteiger partial charge is 0.379 e. The molecule has 0 aromatic heterocycles. The maximum absolute atomic E-state index is 11.5. The van der Waals surface area contributed by atoms with E-state index in [-0.39, 0.29) is 24.4 Å². The predicted octanol–water partition coefficient (Wildman–Crippen LogP) is 0.613. The molecule has 2 fully saturated rings. The van der Waals surface area contributed by atoms with Gasteiger partial charge in [0.25, 0.3) is 0 Å². The Kier molecular flexibility index (Phi) is 6.49. The number of hydrogen-bond donors (Lipinski definition) is 2. The summed E-state index contributed by atoms with van der Waals surface area (Å²) in [5, 5.41) is 6.01. The fourth-order valence-corrected chi connectivity index (χ4v) is 2.41. The Morgan fingerprint density at radius 1 is 1.50 bits per heavy atom. The highest BCUT2D eigenvalue weighted by atomic mass is 35.5. The summed E-state index contributed by atoms with van der Waals surface area (Å²) in [6.07, 6.45) is 2.63. The second kappa shape index (κ2) is 7.37. The first-order chi connectivity index (χ1) is 7.36. The Bertz CT molecular complexity index is 221. The number of halogens is 1. The molecule has 1 heterocycles. The van der Waals surface area contributed by atoms with Gasteiger partial charge in [-0.2, -0.15) is 0 Å². The zero-order valence-corrected chi connectivity index (χ0v) is 10.9. The van der Waals surface area contributed by atoms with E-state index in [1.165, 1.54) is 12.8 Å². The number of rotatable bonds is 6. The minimum Gasteiger partial charge on any atom is -0.379 e. The van der Waals surface area contributed by atoms with Gasteiger partial charge in [0.05, 0.1) is 12.6 Å². The highest BCUT2D eigenvalue weighted by Gasteiger charge is 2.22. The van der Waals surface area contributed by atoms with Crippen molar-refractivity contribution in [3.63, 3.8) is 0 Å². The molecule has 94 valence electrons. The lowest BCUT2D eigenvalue weighted by molar-refractivity contribution is -0.122. The van der Waals surface area contributed by atoms with Crippen LogP contribution >= 0.6 is 24.2 Å². The van der Waals surface area contributed by atoms with Crippen LogP contribution in [0.2, 0.25) is 0 Å². The van der Waals surface area contributed by atoms with Crippen LogP contribution in [0.25, 0.3) is 0 Å². The van der Waals surface area contributed by atoms with Gasteiger partial charge >= 0.3 is 0 Å². The van der Waals surface area contributed by atoms with Crippen molar-refractivity contribution in [1.82, 2.24) is 10.6 Å². The van der Waals surface area contributed by atoms with E-state index in [0.717, 1.165) is 24.2 Å². The van der Waals surface area contributed by atoms with E-state index in [4.69, 9.17) is 4.74 Å². The zero-order valence-electron chi connectivity index (χ0n) is 9.24. The molecule has 0 bridgehead atoms. The van der Waals surface area contributed by atoms with Crippen molar-refractivity contribution in [2.24, 2.45) is 5.92 Å². The molecule has 2 N–H and O–H groups in total. The molecular weight excluding hydrogens is 248 g/mol. The Balaban J connectivity index is 0.00000128. The average molecular weight is 267 g/mol. The molecule has 2 rings (SSSR count). The van der Waals surface area contributed by atoms with Gasteiger partial charge in [0.15, 0.2) is 0 Å². The van der Waals surface area contributed by atoms with Crippen molar-refractivity contribution in [1.29, 1.82) is 0 Å². The molecule has 0 unspecified atom stereocenters. The van der Waals surface area contributed by atoms with Crippen molar-refractivity contribution in [2.45, 2.75) is 18.9 Å². The SMILES string of the molecule is Cl.O=C(NCCOCC1CC1)[C@H]1CSCN1. The fraction of sp³-hybridized carbons (Fsp3) is 0.900. The van der Waals surface area contributed by atoms with Crippen LogP contribution in [0, 0.1) is 5.92 Å². The first-order valence-electron chi connectivity index (χ1n) is 5.53. The molecule has 6 heteroatoms. The Morgan fingerprint density at radius 3 is 2.94 bits per heavy atom. The van der Waals surface area contributed by atoms with Gasteiger partial charge in [-0.1, -0.05) is 0 Å². The summed E-state index contributed by atoms with van der Waals surface area (Å²) in [5.41, 5.74) is 0. The van der Waals surface area contributed by atoms with Crippen LogP contribution in [0.5, 0.6) is 0 Å². The third kappa shape index (κ3) is 4.91. The molecule has 2 aliphatic rings. The van der Waals surface area contributed by atoms with Gasteiger partial charge in [0, 0.05) is 24.8 Å².